The van der Waals surface area contributed by atoms with Crippen LogP contribution in [0.15, 0.2) is 18.2 Å². The van der Waals surface area contributed by atoms with Crippen LogP contribution in [0.2, 0.25) is 0 Å². The molecule has 0 amide bonds. The highest BCUT2D eigenvalue weighted by Gasteiger charge is 2.37. The van der Waals surface area contributed by atoms with E-state index in [9.17, 15) is 8.78 Å². The molecule has 1 heterocycles. The molecule has 1 atom stereocenters. The van der Waals surface area contributed by atoms with Gasteiger partial charge in [-0.1, -0.05) is 6.07 Å². The van der Waals surface area contributed by atoms with Crippen LogP contribution in [0.3, 0.4) is 0 Å². The zero-order chi connectivity index (χ0) is 14.2. The summed E-state index contributed by atoms with van der Waals surface area (Å²) in [6.45, 7) is 1.70. The predicted molar refractivity (Wildman–Crippen MR) is 78.3 cm³/mol. The lowest BCUT2D eigenvalue weighted by molar-refractivity contribution is -0.0511. The minimum atomic E-state index is -2.46. The summed E-state index contributed by atoms with van der Waals surface area (Å²) >= 11 is 0. The van der Waals surface area contributed by atoms with Crippen molar-refractivity contribution in [2.24, 2.45) is 5.92 Å². The van der Waals surface area contributed by atoms with E-state index in [0.717, 1.165) is 43.7 Å². The van der Waals surface area contributed by atoms with Crippen LogP contribution < -0.4 is 10.6 Å². The Bertz CT molecular complexity index is 487. The Morgan fingerprint density at radius 2 is 2.15 bits per heavy atom. The van der Waals surface area contributed by atoms with Crippen molar-refractivity contribution in [2.45, 2.75) is 44.4 Å². The Hall–Kier alpha value is -1.32. The first kappa shape index (κ1) is 13.7. The molecule has 0 saturated heterocycles. The van der Waals surface area contributed by atoms with Gasteiger partial charge in [0.1, 0.15) is 0 Å². The minimum absolute atomic E-state index is 0.0428. The van der Waals surface area contributed by atoms with E-state index < -0.39 is 5.92 Å². The molecule has 110 valence electrons. The molecule has 1 saturated carbocycles. The van der Waals surface area contributed by atoms with Gasteiger partial charge in [-0.05, 0) is 49.3 Å². The van der Waals surface area contributed by atoms with Gasteiger partial charge in [0.05, 0.1) is 0 Å². The van der Waals surface area contributed by atoms with E-state index in [-0.39, 0.29) is 18.8 Å². The summed E-state index contributed by atoms with van der Waals surface area (Å²) < 4.78 is 27.1. The number of anilines is 2. The third kappa shape index (κ3) is 2.74. The molecule has 20 heavy (non-hydrogen) atoms. The van der Waals surface area contributed by atoms with Crippen LogP contribution in [0.1, 0.15) is 37.7 Å². The first-order valence-electron chi connectivity index (χ1n) is 7.55. The summed E-state index contributed by atoms with van der Waals surface area (Å²) in [5, 5.41) is 0. The number of halogens is 2. The number of nitrogen functional groups attached to an aromatic ring is 1. The number of fused-ring (bicyclic) bond motifs is 1. The van der Waals surface area contributed by atoms with Crippen molar-refractivity contribution in [3.63, 3.8) is 0 Å². The number of hydrogen-bond donors (Lipinski definition) is 1. The smallest absolute Gasteiger partial charge is 0.248 e. The summed E-state index contributed by atoms with van der Waals surface area (Å²) in [6, 6.07) is 5.96. The Labute approximate surface area is 118 Å². The minimum Gasteiger partial charge on any atom is -0.398 e. The second-order valence-electron chi connectivity index (χ2n) is 6.21. The maximum Gasteiger partial charge on any atom is 0.248 e. The van der Waals surface area contributed by atoms with E-state index in [1.54, 1.807) is 0 Å². The molecule has 1 fully saturated rings. The number of nitrogens with zero attached hydrogens (tertiary/aromatic N) is 1. The van der Waals surface area contributed by atoms with Gasteiger partial charge in [0, 0.05) is 37.3 Å². The molecule has 0 spiro atoms. The number of alkyl halides is 2. The van der Waals surface area contributed by atoms with Crippen molar-refractivity contribution in [3.05, 3.63) is 23.8 Å². The van der Waals surface area contributed by atoms with Crippen molar-refractivity contribution in [2.75, 3.05) is 23.7 Å². The van der Waals surface area contributed by atoms with Crippen molar-refractivity contribution in [3.8, 4) is 0 Å². The highest BCUT2D eigenvalue weighted by Crippen LogP contribution is 2.39. The van der Waals surface area contributed by atoms with Crippen LogP contribution in [0, 0.1) is 5.92 Å². The molecule has 1 aliphatic carbocycles. The summed E-state index contributed by atoms with van der Waals surface area (Å²) in [5.74, 6) is -2.36. The molecule has 2 N–H and O–H groups in total. The highest BCUT2D eigenvalue weighted by molar-refractivity contribution is 5.66. The fourth-order valence-corrected chi connectivity index (χ4v) is 3.66. The molecule has 0 bridgehead atoms. The van der Waals surface area contributed by atoms with Crippen molar-refractivity contribution in [1.29, 1.82) is 0 Å². The fraction of sp³-hybridized carbons (Fsp3) is 0.625. The third-order valence-electron chi connectivity index (χ3n) is 4.60. The largest absolute Gasteiger partial charge is 0.398 e. The van der Waals surface area contributed by atoms with E-state index in [0.29, 0.717) is 6.42 Å². The van der Waals surface area contributed by atoms with Gasteiger partial charge in [0.15, 0.2) is 0 Å². The monoisotopic (exact) mass is 280 g/mol. The molecule has 0 radical (unpaired) electrons. The molecular weight excluding hydrogens is 258 g/mol. The third-order valence-corrected chi connectivity index (χ3v) is 4.60. The Morgan fingerprint density at radius 1 is 1.30 bits per heavy atom. The average Bonchev–Trinajstić information content (AvgIpc) is 2.39. The lowest BCUT2D eigenvalue weighted by Gasteiger charge is -2.37. The topological polar surface area (TPSA) is 29.3 Å². The lowest BCUT2D eigenvalue weighted by Crippen LogP contribution is -2.38. The highest BCUT2D eigenvalue weighted by atomic mass is 19.3. The number of benzene rings is 1. The molecule has 1 aromatic rings. The van der Waals surface area contributed by atoms with E-state index in [1.807, 2.05) is 12.1 Å². The maximum atomic E-state index is 13.5. The molecule has 1 unspecified atom stereocenters. The van der Waals surface area contributed by atoms with E-state index in [4.69, 9.17) is 5.73 Å². The molecule has 3 rings (SSSR count). The zero-order valence-electron chi connectivity index (χ0n) is 11.7. The van der Waals surface area contributed by atoms with Crippen LogP contribution in [0.25, 0.3) is 0 Å². The molecule has 0 aromatic heterocycles. The van der Waals surface area contributed by atoms with E-state index in [2.05, 4.69) is 11.0 Å². The van der Waals surface area contributed by atoms with Gasteiger partial charge < -0.3 is 10.6 Å². The summed E-state index contributed by atoms with van der Waals surface area (Å²) in [7, 11) is 0. The standard InChI is InChI=1S/C16H22F2N2/c17-16(18)8-2-4-12(10-16)11-20-9-3-5-13-14(19)6-1-7-15(13)20/h1,6-7,12H,2-5,8-11,19H2. The van der Waals surface area contributed by atoms with Crippen LogP contribution in [0.4, 0.5) is 20.2 Å². The number of rotatable bonds is 2. The summed E-state index contributed by atoms with van der Waals surface area (Å²) in [4.78, 5) is 2.27. The van der Waals surface area contributed by atoms with Crippen molar-refractivity contribution >= 4 is 11.4 Å². The zero-order valence-corrected chi connectivity index (χ0v) is 11.7. The fourth-order valence-electron chi connectivity index (χ4n) is 3.66. The van der Waals surface area contributed by atoms with Crippen LogP contribution in [-0.4, -0.2) is 19.0 Å². The first-order chi connectivity index (χ1) is 9.55. The van der Waals surface area contributed by atoms with E-state index >= 15 is 0 Å². The first-order valence-corrected chi connectivity index (χ1v) is 7.55. The number of nitrogens with two attached hydrogens (primary N) is 1. The summed E-state index contributed by atoms with van der Waals surface area (Å²) in [5.41, 5.74) is 9.22. The van der Waals surface area contributed by atoms with Gasteiger partial charge >= 0.3 is 0 Å². The van der Waals surface area contributed by atoms with E-state index in [1.165, 1.54) is 5.56 Å². The van der Waals surface area contributed by atoms with Crippen molar-refractivity contribution in [1.82, 2.24) is 0 Å². The van der Waals surface area contributed by atoms with Gasteiger partial charge in [0.2, 0.25) is 5.92 Å². The van der Waals surface area contributed by atoms with Gasteiger partial charge in [0.25, 0.3) is 0 Å². The van der Waals surface area contributed by atoms with Crippen LogP contribution >= 0.6 is 0 Å². The van der Waals surface area contributed by atoms with Gasteiger partial charge in [-0.15, -0.1) is 0 Å². The second-order valence-corrected chi connectivity index (χ2v) is 6.21. The predicted octanol–water partition coefficient (Wildman–Crippen LogP) is 3.85. The lowest BCUT2D eigenvalue weighted by atomic mass is 9.85. The molecule has 4 heteroatoms. The normalized spacial score (nSPS) is 25.3. The maximum absolute atomic E-state index is 13.5. The van der Waals surface area contributed by atoms with Crippen LogP contribution in [-0.2, 0) is 6.42 Å². The SMILES string of the molecule is Nc1cccc2c1CCCN2CC1CCCC(F)(F)C1. The molecule has 1 aromatic carbocycles. The average molecular weight is 280 g/mol. The summed E-state index contributed by atoms with van der Waals surface area (Å²) in [6.07, 6.45) is 3.73. The Kier molecular flexibility index (Phi) is 3.57. The second kappa shape index (κ2) is 5.23. The quantitative estimate of drug-likeness (QED) is 0.834. The molecule has 2 nitrogen and oxygen atoms in total. The number of hydrogen-bond acceptors (Lipinski definition) is 2. The van der Waals surface area contributed by atoms with Crippen molar-refractivity contribution < 1.29 is 8.78 Å². The van der Waals surface area contributed by atoms with Gasteiger partial charge in [-0.3, -0.25) is 0 Å². The molecular formula is C16H22F2N2. The van der Waals surface area contributed by atoms with Gasteiger partial charge in [-0.25, -0.2) is 8.78 Å². The molecule has 2 aliphatic rings. The van der Waals surface area contributed by atoms with Gasteiger partial charge in [-0.2, -0.15) is 0 Å². The molecule has 1 aliphatic heterocycles. The Morgan fingerprint density at radius 3 is 2.95 bits per heavy atom. The Balaban J connectivity index is 1.75. The van der Waals surface area contributed by atoms with Crippen LogP contribution in [0.5, 0.6) is 0 Å².